The van der Waals surface area contributed by atoms with Gasteiger partial charge in [0.05, 0.1) is 0 Å². The normalized spacial score (nSPS) is 12.6. The highest BCUT2D eigenvalue weighted by molar-refractivity contribution is 5.41. The smallest absolute Gasteiger partial charge is 0.128 e. The molecule has 78 valence electrons. The fourth-order valence-electron chi connectivity index (χ4n) is 1.41. The van der Waals surface area contributed by atoms with Crippen molar-refractivity contribution in [2.45, 2.75) is 26.8 Å². The van der Waals surface area contributed by atoms with Crippen LogP contribution in [-0.2, 0) is 0 Å². The lowest BCUT2D eigenvalue weighted by molar-refractivity contribution is 0.796. The minimum Gasteiger partial charge on any atom is -0.360 e. The van der Waals surface area contributed by atoms with Crippen molar-refractivity contribution in [2.75, 3.05) is 18.5 Å². The van der Waals surface area contributed by atoms with Crippen molar-refractivity contribution in [1.29, 1.82) is 0 Å². The van der Waals surface area contributed by atoms with Crippen LogP contribution in [0.3, 0.4) is 0 Å². The van der Waals surface area contributed by atoms with Crippen LogP contribution >= 0.6 is 0 Å². The molecule has 0 aliphatic rings. The second-order valence-electron chi connectivity index (χ2n) is 3.65. The maximum atomic E-state index is 5.82. The Morgan fingerprint density at radius 1 is 1.50 bits per heavy atom. The van der Waals surface area contributed by atoms with Crippen molar-refractivity contribution in [3.8, 4) is 0 Å². The minimum absolute atomic E-state index is 0.0588. The van der Waals surface area contributed by atoms with Crippen LogP contribution in [0, 0.1) is 6.92 Å². The molecular weight excluding hydrogens is 174 g/mol. The molecule has 1 aromatic heterocycles. The van der Waals surface area contributed by atoms with Crippen molar-refractivity contribution in [3.05, 3.63) is 23.4 Å². The van der Waals surface area contributed by atoms with Gasteiger partial charge in [-0.15, -0.1) is 0 Å². The van der Waals surface area contributed by atoms with Gasteiger partial charge in [-0.25, -0.2) is 4.98 Å². The standard InChI is InChI=1S/C11H19N3/c1-5-14(4)11-7-6-10(8(2)12)9(3)13-11/h6-8H,5,12H2,1-4H3/t8-/m0/s1. The fraction of sp³-hybridized carbons (Fsp3) is 0.545. The van der Waals surface area contributed by atoms with E-state index in [0.29, 0.717) is 0 Å². The molecule has 3 nitrogen and oxygen atoms in total. The first-order valence-electron chi connectivity index (χ1n) is 5.00. The van der Waals surface area contributed by atoms with Crippen LogP contribution in [0.1, 0.15) is 31.1 Å². The molecule has 0 radical (unpaired) electrons. The summed E-state index contributed by atoms with van der Waals surface area (Å²) in [6.45, 7) is 7.05. The van der Waals surface area contributed by atoms with Crippen LogP contribution in [0.15, 0.2) is 12.1 Å². The Morgan fingerprint density at radius 2 is 2.14 bits per heavy atom. The third-order valence-corrected chi connectivity index (χ3v) is 2.47. The molecule has 0 unspecified atom stereocenters. The van der Waals surface area contributed by atoms with Crippen LogP contribution < -0.4 is 10.6 Å². The third-order valence-electron chi connectivity index (χ3n) is 2.47. The molecule has 3 heteroatoms. The highest BCUT2D eigenvalue weighted by Crippen LogP contribution is 2.17. The van der Waals surface area contributed by atoms with Gasteiger partial charge in [0.25, 0.3) is 0 Å². The Bertz CT molecular complexity index is 307. The second-order valence-corrected chi connectivity index (χ2v) is 3.65. The molecule has 1 aromatic rings. The Balaban J connectivity index is 3.00. The Morgan fingerprint density at radius 3 is 2.57 bits per heavy atom. The zero-order valence-electron chi connectivity index (χ0n) is 9.41. The summed E-state index contributed by atoms with van der Waals surface area (Å²) in [6, 6.07) is 4.15. The minimum atomic E-state index is 0.0588. The van der Waals surface area contributed by atoms with E-state index in [0.717, 1.165) is 23.6 Å². The van der Waals surface area contributed by atoms with E-state index in [1.165, 1.54) is 0 Å². The van der Waals surface area contributed by atoms with Crippen LogP contribution in [0.2, 0.25) is 0 Å². The number of hydrogen-bond donors (Lipinski definition) is 1. The summed E-state index contributed by atoms with van der Waals surface area (Å²) in [7, 11) is 2.04. The van der Waals surface area contributed by atoms with Gasteiger partial charge in [-0.05, 0) is 32.4 Å². The van der Waals surface area contributed by atoms with Crippen molar-refractivity contribution in [3.63, 3.8) is 0 Å². The fourth-order valence-corrected chi connectivity index (χ4v) is 1.41. The molecule has 0 saturated heterocycles. The molecule has 0 spiro atoms. The molecular formula is C11H19N3. The number of hydrogen-bond acceptors (Lipinski definition) is 3. The molecule has 1 atom stereocenters. The molecule has 1 rings (SSSR count). The summed E-state index contributed by atoms with van der Waals surface area (Å²) in [5, 5.41) is 0. The van der Waals surface area contributed by atoms with Crippen LogP contribution in [0.4, 0.5) is 5.82 Å². The van der Waals surface area contributed by atoms with E-state index >= 15 is 0 Å². The van der Waals surface area contributed by atoms with Crippen molar-refractivity contribution < 1.29 is 0 Å². The largest absolute Gasteiger partial charge is 0.360 e. The average molecular weight is 193 g/mol. The summed E-state index contributed by atoms with van der Waals surface area (Å²) >= 11 is 0. The highest BCUT2D eigenvalue weighted by Gasteiger charge is 2.07. The van der Waals surface area contributed by atoms with Gasteiger partial charge in [-0.3, -0.25) is 0 Å². The van der Waals surface area contributed by atoms with E-state index in [1.807, 2.05) is 27.0 Å². The number of nitrogens with two attached hydrogens (primary N) is 1. The Hall–Kier alpha value is -1.09. The Labute approximate surface area is 85.9 Å². The van der Waals surface area contributed by atoms with Gasteiger partial charge < -0.3 is 10.6 Å². The van der Waals surface area contributed by atoms with E-state index in [-0.39, 0.29) is 6.04 Å². The summed E-state index contributed by atoms with van der Waals surface area (Å²) in [5.74, 6) is 1.01. The molecule has 2 N–H and O–H groups in total. The molecule has 1 heterocycles. The maximum absolute atomic E-state index is 5.82. The van der Waals surface area contributed by atoms with Crippen molar-refractivity contribution >= 4 is 5.82 Å². The van der Waals surface area contributed by atoms with Crippen molar-refractivity contribution in [1.82, 2.24) is 4.98 Å². The SMILES string of the molecule is CCN(C)c1ccc([C@H](C)N)c(C)n1. The van der Waals surface area contributed by atoms with E-state index < -0.39 is 0 Å². The first kappa shape index (κ1) is 11.0. The van der Waals surface area contributed by atoms with Gasteiger partial charge >= 0.3 is 0 Å². The second kappa shape index (κ2) is 4.42. The third kappa shape index (κ3) is 2.23. The van der Waals surface area contributed by atoms with Crippen LogP contribution in [0.5, 0.6) is 0 Å². The molecule has 0 aromatic carbocycles. The summed E-state index contributed by atoms with van der Waals surface area (Å²) in [5.41, 5.74) is 7.97. The summed E-state index contributed by atoms with van der Waals surface area (Å²) in [4.78, 5) is 6.62. The predicted molar refractivity (Wildman–Crippen MR) is 60.5 cm³/mol. The summed E-state index contributed by atoms with van der Waals surface area (Å²) < 4.78 is 0. The monoisotopic (exact) mass is 193 g/mol. The lowest BCUT2D eigenvalue weighted by Crippen LogP contribution is -2.18. The van der Waals surface area contributed by atoms with E-state index in [9.17, 15) is 0 Å². The number of pyridine rings is 1. The average Bonchev–Trinajstić information content (AvgIpc) is 2.15. The van der Waals surface area contributed by atoms with Crippen molar-refractivity contribution in [2.24, 2.45) is 5.73 Å². The van der Waals surface area contributed by atoms with Gasteiger partial charge in [0.1, 0.15) is 5.82 Å². The first-order chi connectivity index (χ1) is 6.56. The molecule has 14 heavy (non-hydrogen) atoms. The number of rotatable bonds is 3. The molecule has 0 bridgehead atoms. The maximum Gasteiger partial charge on any atom is 0.128 e. The molecule has 0 aliphatic heterocycles. The van der Waals surface area contributed by atoms with Gasteiger partial charge in [-0.2, -0.15) is 0 Å². The van der Waals surface area contributed by atoms with Gasteiger partial charge in [0.2, 0.25) is 0 Å². The number of nitrogens with zero attached hydrogens (tertiary/aromatic N) is 2. The van der Waals surface area contributed by atoms with E-state index in [2.05, 4.69) is 22.9 Å². The van der Waals surface area contributed by atoms with Gasteiger partial charge in [0.15, 0.2) is 0 Å². The Kier molecular flexibility index (Phi) is 3.47. The molecule has 0 amide bonds. The lowest BCUT2D eigenvalue weighted by atomic mass is 10.1. The number of aromatic nitrogens is 1. The zero-order valence-corrected chi connectivity index (χ0v) is 9.41. The van der Waals surface area contributed by atoms with Crippen LogP contribution in [-0.4, -0.2) is 18.6 Å². The zero-order chi connectivity index (χ0) is 10.7. The number of anilines is 1. The van der Waals surface area contributed by atoms with Gasteiger partial charge in [-0.1, -0.05) is 6.07 Å². The topological polar surface area (TPSA) is 42.1 Å². The van der Waals surface area contributed by atoms with Crippen LogP contribution in [0.25, 0.3) is 0 Å². The quantitative estimate of drug-likeness (QED) is 0.796. The molecule has 0 saturated carbocycles. The lowest BCUT2D eigenvalue weighted by Gasteiger charge is -2.18. The first-order valence-corrected chi connectivity index (χ1v) is 5.00. The molecule has 0 fully saturated rings. The predicted octanol–water partition coefficient (Wildman–Crippen LogP) is 1.87. The number of aryl methyl sites for hydroxylation is 1. The summed E-state index contributed by atoms with van der Waals surface area (Å²) in [6.07, 6.45) is 0. The molecule has 0 aliphatic carbocycles. The highest BCUT2D eigenvalue weighted by atomic mass is 15.2. The van der Waals surface area contributed by atoms with Gasteiger partial charge in [0, 0.05) is 25.3 Å². The van der Waals surface area contributed by atoms with E-state index in [1.54, 1.807) is 0 Å². The van der Waals surface area contributed by atoms with E-state index in [4.69, 9.17) is 5.73 Å².